The Morgan fingerprint density at radius 1 is 1.70 bits per heavy atom. The van der Waals surface area contributed by atoms with Crippen molar-refractivity contribution >= 4 is 11.6 Å². The lowest BCUT2D eigenvalue weighted by Gasteiger charge is -2.13. The number of hydrazine groups is 1. The Morgan fingerprint density at radius 2 is 2.40 bits per heavy atom. The van der Waals surface area contributed by atoms with Crippen LogP contribution in [0.15, 0.2) is 11.4 Å². The SMILES string of the molecule is N/C(CCl)=C1/CCCN1N. The molecule has 10 heavy (non-hydrogen) atoms. The molecule has 0 radical (unpaired) electrons. The fourth-order valence-electron chi connectivity index (χ4n) is 1.12. The van der Waals surface area contributed by atoms with Gasteiger partial charge in [0, 0.05) is 17.9 Å². The van der Waals surface area contributed by atoms with Gasteiger partial charge in [-0.1, -0.05) is 0 Å². The van der Waals surface area contributed by atoms with Gasteiger partial charge in [0.15, 0.2) is 0 Å². The molecule has 0 aromatic carbocycles. The molecule has 0 aromatic rings. The number of hydrogen-bond acceptors (Lipinski definition) is 3. The van der Waals surface area contributed by atoms with E-state index in [4.69, 9.17) is 23.2 Å². The Balaban J connectivity index is 2.69. The van der Waals surface area contributed by atoms with Crippen LogP contribution in [0.25, 0.3) is 0 Å². The van der Waals surface area contributed by atoms with E-state index < -0.39 is 0 Å². The quantitative estimate of drug-likeness (QED) is 0.432. The molecule has 1 aliphatic rings. The van der Waals surface area contributed by atoms with Gasteiger partial charge in [0.05, 0.1) is 5.88 Å². The van der Waals surface area contributed by atoms with Crippen molar-refractivity contribution in [2.45, 2.75) is 12.8 Å². The Bertz CT molecular complexity index is 155. The van der Waals surface area contributed by atoms with Gasteiger partial charge in [0.25, 0.3) is 0 Å². The Labute approximate surface area is 65.6 Å². The summed E-state index contributed by atoms with van der Waals surface area (Å²) in [5, 5.41) is 1.68. The highest BCUT2D eigenvalue weighted by molar-refractivity contribution is 6.19. The van der Waals surface area contributed by atoms with Gasteiger partial charge in [-0.25, -0.2) is 5.84 Å². The molecule has 0 amide bonds. The van der Waals surface area contributed by atoms with Crippen LogP contribution < -0.4 is 11.6 Å². The van der Waals surface area contributed by atoms with Gasteiger partial charge in [0.1, 0.15) is 0 Å². The number of nitrogens with zero attached hydrogens (tertiary/aromatic N) is 1. The van der Waals surface area contributed by atoms with Gasteiger partial charge in [-0.3, -0.25) is 0 Å². The first-order chi connectivity index (χ1) is 4.75. The topological polar surface area (TPSA) is 55.3 Å². The van der Waals surface area contributed by atoms with Crippen LogP contribution in [0, 0.1) is 0 Å². The minimum atomic E-state index is 0.378. The molecule has 0 aliphatic carbocycles. The van der Waals surface area contributed by atoms with E-state index in [9.17, 15) is 0 Å². The van der Waals surface area contributed by atoms with Gasteiger partial charge in [-0.2, -0.15) is 0 Å². The number of nitrogens with two attached hydrogens (primary N) is 2. The predicted molar refractivity (Wildman–Crippen MR) is 42.1 cm³/mol. The summed E-state index contributed by atoms with van der Waals surface area (Å²) in [6.07, 6.45) is 2.05. The normalized spacial score (nSPS) is 23.6. The second-order valence-corrected chi connectivity index (χ2v) is 2.67. The van der Waals surface area contributed by atoms with E-state index in [0.29, 0.717) is 11.6 Å². The smallest absolute Gasteiger partial charge is 0.0637 e. The highest BCUT2D eigenvalue weighted by Gasteiger charge is 2.15. The minimum absolute atomic E-state index is 0.378. The molecular weight excluding hydrogens is 150 g/mol. The number of allylic oxidation sites excluding steroid dienone is 2. The van der Waals surface area contributed by atoms with Crippen LogP contribution in [0.3, 0.4) is 0 Å². The third kappa shape index (κ3) is 1.36. The monoisotopic (exact) mass is 161 g/mol. The standard InChI is InChI=1S/C6H12ClN3/c7-4-5(8)6-2-1-3-10(6)9/h1-4,8-9H2/b6-5-. The average Bonchev–Trinajstić information content (AvgIpc) is 2.34. The molecule has 3 nitrogen and oxygen atoms in total. The first kappa shape index (κ1) is 7.69. The fraction of sp³-hybridized carbons (Fsp3) is 0.667. The summed E-state index contributed by atoms with van der Waals surface area (Å²) in [6.45, 7) is 0.896. The number of alkyl halides is 1. The molecule has 1 aliphatic heterocycles. The van der Waals surface area contributed by atoms with Crippen molar-refractivity contribution in [3.05, 3.63) is 11.4 Å². The Kier molecular flexibility index (Phi) is 2.40. The van der Waals surface area contributed by atoms with Crippen molar-refractivity contribution in [1.82, 2.24) is 5.01 Å². The third-order valence-electron chi connectivity index (χ3n) is 1.67. The summed E-state index contributed by atoms with van der Waals surface area (Å²) in [7, 11) is 0. The van der Waals surface area contributed by atoms with E-state index in [0.717, 1.165) is 25.1 Å². The zero-order valence-corrected chi connectivity index (χ0v) is 6.56. The highest BCUT2D eigenvalue weighted by Crippen LogP contribution is 2.18. The average molecular weight is 162 g/mol. The second-order valence-electron chi connectivity index (χ2n) is 2.40. The maximum absolute atomic E-state index is 5.59. The van der Waals surface area contributed by atoms with E-state index in [1.54, 1.807) is 5.01 Å². The number of rotatable bonds is 1. The molecule has 0 bridgehead atoms. The molecule has 1 rings (SSSR count). The van der Waals surface area contributed by atoms with Gasteiger partial charge in [0.2, 0.25) is 0 Å². The van der Waals surface area contributed by atoms with Crippen molar-refractivity contribution < 1.29 is 0 Å². The molecule has 4 heteroatoms. The molecule has 4 N–H and O–H groups in total. The third-order valence-corrected chi connectivity index (χ3v) is 1.96. The lowest BCUT2D eigenvalue weighted by molar-refractivity contribution is 0.409. The molecule has 1 fully saturated rings. The van der Waals surface area contributed by atoms with Crippen LogP contribution in [0.4, 0.5) is 0 Å². The molecule has 0 saturated carbocycles. The van der Waals surface area contributed by atoms with Gasteiger partial charge < -0.3 is 10.7 Å². The van der Waals surface area contributed by atoms with Crippen molar-refractivity contribution in [2.24, 2.45) is 11.6 Å². The number of halogens is 1. The summed E-state index contributed by atoms with van der Waals surface area (Å²) in [4.78, 5) is 0. The first-order valence-electron chi connectivity index (χ1n) is 3.31. The van der Waals surface area contributed by atoms with Gasteiger partial charge >= 0.3 is 0 Å². The van der Waals surface area contributed by atoms with E-state index in [1.165, 1.54) is 0 Å². The van der Waals surface area contributed by atoms with Gasteiger partial charge in [-0.05, 0) is 12.8 Å². The van der Waals surface area contributed by atoms with Crippen LogP contribution in [0.1, 0.15) is 12.8 Å². The van der Waals surface area contributed by atoms with Crippen LogP contribution in [0.2, 0.25) is 0 Å². The highest BCUT2D eigenvalue weighted by atomic mass is 35.5. The first-order valence-corrected chi connectivity index (χ1v) is 3.85. The van der Waals surface area contributed by atoms with E-state index in [1.807, 2.05) is 0 Å². The van der Waals surface area contributed by atoms with Crippen LogP contribution in [-0.4, -0.2) is 17.4 Å². The number of hydrogen-bond donors (Lipinski definition) is 2. The predicted octanol–water partition coefficient (Wildman–Crippen LogP) is 0.365. The summed E-state index contributed by atoms with van der Waals surface area (Å²) in [5.74, 6) is 5.97. The molecule has 1 saturated heterocycles. The second kappa shape index (κ2) is 3.12. The van der Waals surface area contributed by atoms with E-state index in [-0.39, 0.29) is 0 Å². The van der Waals surface area contributed by atoms with Gasteiger partial charge in [-0.15, -0.1) is 11.6 Å². The van der Waals surface area contributed by atoms with Crippen molar-refractivity contribution in [3.63, 3.8) is 0 Å². The lowest BCUT2D eigenvalue weighted by Crippen LogP contribution is -2.28. The zero-order chi connectivity index (χ0) is 7.56. The van der Waals surface area contributed by atoms with Crippen molar-refractivity contribution in [1.29, 1.82) is 0 Å². The van der Waals surface area contributed by atoms with Crippen molar-refractivity contribution in [3.8, 4) is 0 Å². The maximum atomic E-state index is 5.59. The maximum Gasteiger partial charge on any atom is 0.0637 e. The lowest BCUT2D eigenvalue weighted by atomic mass is 10.3. The van der Waals surface area contributed by atoms with Crippen LogP contribution >= 0.6 is 11.6 Å². The molecule has 0 aromatic heterocycles. The minimum Gasteiger partial charge on any atom is -0.400 e. The molecule has 1 heterocycles. The van der Waals surface area contributed by atoms with Crippen LogP contribution in [0.5, 0.6) is 0 Å². The molecule has 0 spiro atoms. The Morgan fingerprint density at radius 3 is 2.80 bits per heavy atom. The molecule has 0 atom stereocenters. The largest absolute Gasteiger partial charge is 0.400 e. The summed E-state index contributed by atoms with van der Waals surface area (Å²) in [5.41, 5.74) is 7.31. The fourth-order valence-corrected chi connectivity index (χ4v) is 1.27. The van der Waals surface area contributed by atoms with Crippen molar-refractivity contribution in [2.75, 3.05) is 12.4 Å². The summed E-state index contributed by atoms with van der Waals surface area (Å²) < 4.78 is 0. The molecule has 58 valence electrons. The van der Waals surface area contributed by atoms with E-state index in [2.05, 4.69) is 0 Å². The van der Waals surface area contributed by atoms with E-state index >= 15 is 0 Å². The zero-order valence-electron chi connectivity index (χ0n) is 5.81. The molecular formula is C6H12ClN3. The van der Waals surface area contributed by atoms with Crippen LogP contribution in [-0.2, 0) is 0 Å². The summed E-state index contributed by atoms with van der Waals surface area (Å²) in [6, 6.07) is 0. The Hall–Kier alpha value is -0.410. The summed E-state index contributed by atoms with van der Waals surface area (Å²) >= 11 is 5.53. The molecule has 0 unspecified atom stereocenters.